The lowest BCUT2D eigenvalue weighted by molar-refractivity contribution is -0.124. The van der Waals surface area contributed by atoms with Crippen LogP contribution in [0.5, 0.6) is 0 Å². The average molecular weight is 472 g/mol. The number of sulfonamides is 1. The quantitative estimate of drug-likeness (QED) is 0.713. The fraction of sp³-hybridized carbons (Fsp3) is 0.316. The minimum absolute atomic E-state index is 0.185. The van der Waals surface area contributed by atoms with E-state index in [-0.39, 0.29) is 16.8 Å². The molecule has 1 N–H and O–H groups in total. The van der Waals surface area contributed by atoms with E-state index in [4.69, 9.17) is 11.6 Å². The first-order valence-electron chi connectivity index (χ1n) is 8.63. The average Bonchev–Trinajstić information content (AvgIpc) is 3.13. The molecule has 0 radical (unpaired) electrons. The van der Waals surface area contributed by atoms with Crippen LogP contribution in [0.4, 0.5) is 0 Å². The van der Waals surface area contributed by atoms with Crippen molar-refractivity contribution < 1.29 is 13.2 Å². The Morgan fingerprint density at radius 3 is 2.56 bits per heavy atom. The van der Waals surface area contributed by atoms with Crippen LogP contribution in [-0.2, 0) is 14.8 Å². The van der Waals surface area contributed by atoms with Crippen molar-refractivity contribution in [3.63, 3.8) is 0 Å². The molecule has 144 valence electrons. The third-order valence-corrected chi connectivity index (χ3v) is 7.45. The molecule has 8 heteroatoms. The molecular weight excluding hydrogens is 452 g/mol. The monoisotopic (exact) mass is 470 g/mol. The van der Waals surface area contributed by atoms with Gasteiger partial charge in [-0.2, -0.15) is 4.31 Å². The predicted octanol–water partition coefficient (Wildman–Crippen LogP) is 4.13. The Kier molecular flexibility index (Phi) is 6.25. The van der Waals surface area contributed by atoms with Crippen LogP contribution in [-0.4, -0.2) is 31.2 Å². The first-order valence-corrected chi connectivity index (χ1v) is 11.2. The van der Waals surface area contributed by atoms with Gasteiger partial charge in [0.2, 0.25) is 15.9 Å². The molecular formula is C19H20BrClN2O3S. The van der Waals surface area contributed by atoms with E-state index in [1.54, 1.807) is 30.3 Å². The summed E-state index contributed by atoms with van der Waals surface area (Å²) in [7, 11) is -3.73. The number of hydrogen-bond acceptors (Lipinski definition) is 3. The van der Waals surface area contributed by atoms with Gasteiger partial charge in [-0.1, -0.05) is 45.7 Å². The molecule has 1 aliphatic heterocycles. The molecule has 2 atom stereocenters. The van der Waals surface area contributed by atoms with E-state index in [9.17, 15) is 13.2 Å². The normalized spacial score (nSPS) is 19.0. The van der Waals surface area contributed by atoms with Crippen molar-refractivity contribution in [1.82, 2.24) is 9.62 Å². The first kappa shape index (κ1) is 20.3. The molecule has 0 spiro atoms. The number of carbonyl (C=O) groups is 1. The predicted molar refractivity (Wildman–Crippen MR) is 109 cm³/mol. The lowest BCUT2D eigenvalue weighted by Crippen LogP contribution is -2.46. The lowest BCUT2D eigenvalue weighted by Gasteiger charge is -2.25. The Morgan fingerprint density at radius 2 is 1.89 bits per heavy atom. The third-order valence-electron chi connectivity index (χ3n) is 4.66. The number of nitrogens with one attached hydrogen (secondary N) is 1. The minimum atomic E-state index is -3.73. The van der Waals surface area contributed by atoms with Gasteiger partial charge in [0.1, 0.15) is 6.04 Å². The maximum Gasteiger partial charge on any atom is 0.243 e. The van der Waals surface area contributed by atoms with Gasteiger partial charge < -0.3 is 5.32 Å². The Hall–Kier alpha value is -1.41. The zero-order valence-electron chi connectivity index (χ0n) is 14.7. The van der Waals surface area contributed by atoms with Crippen molar-refractivity contribution in [1.29, 1.82) is 0 Å². The molecule has 3 rings (SSSR count). The van der Waals surface area contributed by atoms with E-state index >= 15 is 0 Å². The van der Waals surface area contributed by atoms with Crippen LogP contribution < -0.4 is 5.32 Å². The zero-order chi connectivity index (χ0) is 19.6. The molecule has 0 saturated carbocycles. The number of amides is 1. The van der Waals surface area contributed by atoms with E-state index in [2.05, 4.69) is 21.2 Å². The number of benzene rings is 2. The van der Waals surface area contributed by atoms with Gasteiger partial charge in [0.15, 0.2) is 0 Å². The molecule has 5 nitrogen and oxygen atoms in total. The number of nitrogens with zero attached hydrogens (tertiary/aromatic N) is 1. The largest absolute Gasteiger partial charge is 0.348 e. The zero-order valence-corrected chi connectivity index (χ0v) is 17.9. The van der Waals surface area contributed by atoms with Gasteiger partial charge in [-0.3, -0.25) is 4.79 Å². The lowest BCUT2D eigenvalue weighted by atomic mass is 10.1. The summed E-state index contributed by atoms with van der Waals surface area (Å²) in [5.74, 6) is -0.305. The molecule has 1 amide bonds. The van der Waals surface area contributed by atoms with E-state index in [0.717, 1.165) is 10.0 Å². The highest BCUT2D eigenvalue weighted by Gasteiger charge is 2.39. The number of halogens is 2. The van der Waals surface area contributed by atoms with Crippen molar-refractivity contribution in [2.75, 3.05) is 6.54 Å². The second-order valence-corrected chi connectivity index (χ2v) is 9.69. The van der Waals surface area contributed by atoms with Crippen molar-refractivity contribution in [3.05, 3.63) is 63.6 Å². The standard InChI is InChI=1S/C19H20BrClN2O3S/c1-13(16-5-2-3-6-17(16)21)22-19(24)18-7-4-12-23(18)27(25,26)15-10-8-14(20)9-11-15/h2-3,5-6,8-11,13,18H,4,7,12H2,1H3,(H,22,24). The maximum atomic E-state index is 13.0. The van der Waals surface area contributed by atoms with Crippen LogP contribution in [0.3, 0.4) is 0 Å². The number of hydrogen-bond donors (Lipinski definition) is 1. The van der Waals surface area contributed by atoms with Gasteiger partial charge in [0.05, 0.1) is 10.9 Å². The number of rotatable bonds is 5. The first-order chi connectivity index (χ1) is 12.8. The molecule has 2 aromatic rings. The van der Waals surface area contributed by atoms with Crippen LogP contribution in [0.1, 0.15) is 31.4 Å². The van der Waals surface area contributed by atoms with Crippen molar-refractivity contribution >= 4 is 43.5 Å². The Balaban J connectivity index is 1.78. The third kappa shape index (κ3) is 4.37. The van der Waals surface area contributed by atoms with Crippen molar-refractivity contribution in [2.45, 2.75) is 36.7 Å². The molecule has 1 heterocycles. The molecule has 1 aliphatic rings. The van der Waals surface area contributed by atoms with E-state index in [0.29, 0.717) is 24.4 Å². The van der Waals surface area contributed by atoms with Gasteiger partial charge >= 0.3 is 0 Å². The summed E-state index contributed by atoms with van der Waals surface area (Å²) in [6, 6.07) is 12.7. The van der Waals surface area contributed by atoms with Gasteiger partial charge in [-0.15, -0.1) is 0 Å². The molecule has 1 saturated heterocycles. The topological polar surface area (TPSA) is 66.5 Å². The van der Waals surface area contributed by atoms with Gasteiger partial charge in [-0.25, -0.2) is 8.42 Å². The summed E-state index contributed by atoms with van der Waals surface area (Å²) in [5, 5.41) is 3.47. The summed E-state index contributed by atoms with van der Waals surface area (Å²) >= 11 is 9.50. The molecule has 0 bridgehead atoms. The Bertz CT molecular complexity index is 934. The van der Waals surface area contributed by atoms with Crippen LogP contribution in [0.15, 0.2) is 57.9 Å². The smallest absolute Gasteiger partial charge is 0.243 e. The molecule has 0 aliphatic carbocycles. The summed E-state index contributed by atoms with van der Waals surface area (Å²) in [5.41, 5.74) is 0.799. The molecule has 0 aromatic heterocycles. The Morgan fingerprint density at radius 1 is 1.22 bits per heavy atom. The van der Waals surface area contributed by atoms with Crippen LogP contribution >= 0.6 is 27.5 Å². The molecule has 1 fully saturated rings. The van der Waals surface area contributed by atoms with Crippen molar-refractivity contribution in [3.8, 4) is 0 Å². The second-order valence-electron chi connectivity index (χ2n) is 6.48. The summed E-state index contributed by atoms with van der Waals surface area (Å²) in [4.78, 5) is 13.0. The number of carbonyl (C=O) groups excluding carboxylic acids is 1. The van der Waals surface area contributed by atoms with Crippen LogP contribution in [0.2, 0.25) is 5.02 Å². The van der Waals surface area contributed by atoms with Crippen LogP contribution in [0.25, 0.3) is 0 Å². The summed E-state index contributed by atoms with van der Waals surface area (Å²) in [6.45, 7) is 2.17. The van der Waals surface area contributed by atoms with E-state index < -0.39 is 16.1 Å². The molecule has 2 aromatic carbocycles. The highest BCUT2D eigenvalue weighted by atomic mass is 79.9. The van der Waals surface area contributed by atoms with Gasteiger partial charge in [0, 0.05) is 16.0 Å². The van der Waals surface area contributed by atoms with Crippen LogP contribution in [0, 0.1) is 0 Å². The maximum absolute atomic E-state index is 13.0. The van der Waals surface area contributed by atoms with Crippen molar-refractivity contribution in [2.24, 2.45) is 0 Å². The SMILES string of the molecule is CC(NC(=O)C1CCCN1S(=O)(=O)c1ccc(Br)cc1)c1ccccc1Cl. The summed E-state index contributed by atoms with van der Waals surface area (Å²) in [6.07, 6.45) is 1.14. The van der Waals surface area contributed by atoms with E-state index in [1.807, 2.05) is 25.1 Å². The van der Waals surface area contributed by atoms with E-state index in [1.165, 1.54) is 4.31 Å². The van der Waals surface area contributed by atoms with Gasteiger partial charge in [0.25, 0.3) is 0 Å². The Labute approximate surface area is 172 Å². The summed E-state index contributed by atoms with van der Waals surface area (Å²) < 4.78 is 28.1. The molecule has 2 unspecified atom stereocenters. The van der Waals surface area contributed by atoms with Gasteiger partial charge in [-0.05, 0) is 55.7 Å². The highest BCUT2D eigenvalue weighted by molar-refractivity contribution is 9.10. The highest BCUT2D eigenvalue weighted by Crippen LogP contribution is 2.28. The fourth-order valence-corrected chi connectivity index (χ4v) is 5.47. The fourth-order valence-electron chi connectivity index (χ4n) is 3.25. The second kappa shape index (κ2) is 8.31. The minimum Gasteiger partial charge on any atom is -0.348 e. The molecule has 27 heavy (non-hydrogen) atoms.